The van der Waals surface area contributed by atoms with Gasteiger partial charge in [0.15, 0.2) is 0 Å². The molecule has 0 saturated heterocycles. The van der Waals surface area contributed by atoms with Crippen molar-refractivity contribution in [3.05, 3.63) is 18.2 Å². The molecule has 21 heavy (non-hydrogen) atoms. The molecule has 1 aliphatic rings. The maximum atomic E-state index is 12.2. The van der Waals surface area contributed by atoms with Crippen LogP contribution in [0.1, 0.15) is 12.8 Å². The van der Waals surface area contributed by atoms with Crippen molar-refractivity contribution in [1.82, 2.24) is 5.01 Å². The van der Waals surface area contributed by atoms with E-state index in [1.807, 2.05) is 0 Å². The Kier molecular flexibility index (Phi) is 4.42. The van der Waals surface area contributed by atoms with E-state index in [0.29, 0.717) is 29.3 Å². The van der Waals surface area contributed by atoms with Gasteiger partial charge >= 0.3 is 0 Å². The smallest absolute Gasteiger partial charge is 0.271 e. The molecule has 0 fully saturated rings. The number of nitrogens with one attached hydrogen (secondary N) is 1. The van der Waals surface area contributed by atoms with E-state index >= 15 is 0 Å². The number of benzene rings is 1. The Morgan fingerprint density at radius 1 is 1.29 bits per heavy atom. The summed E-state index contributed by atoms with van der Waals surface area (Å²) in [5.74, 6) is 0.653. The summed E-state index contributed by atoms with van der Waals surface area (Å²) in [5, 5.41) is 7.88. The van der Waals surface area contributed by atoms with Crippen LogP contribution in [0, 0.1) is 0 Å². The van der Waals surface area contributed by atoms with E-state index in [-0.39, 0.29) is 18.2 Å². The van der Waals surface area contributed by atoms with Gasteiger partial charge in [-0.1, -0.05) is 0 Å². The molecule has 0 saturated carbocycles. The van der Waals surface area contributed by atoms with E-state index in [1.54, 1.807) is 25.3 Å². The largest absolute Gasteiger partial charge is 0.497 e. The number of carbonyl (C=O) groups is 2. The maximum absolute atomic E-state index is 12.2. The molecular formula is C14H17N3O4. The van der Waals surface area contributed by atoms with E-state index in [0.717, 1.165) is 0 Å². The van der Waals surface area contributed by atoms with E-state index in [9.17, 15) is 9.59 Å². The summed E-state index contributed by atoms with van der Waals surface area (Å²) < 4.78 is 10.3. The number of amides is 2. The number of nitrogens with zero attached hydrogens (tertiary/aromatic N) is 2. The number of ether oxygens (including phenoxy) is 2. The third kappa shape index (κ3) is 3.31. The average Bonchev–Trinajstić information content (AvgIpc) is 2.49. The Balaban J connectivity index is 2.19. The molecular weight excluding hydrogens is 274 g/mol. The Hall–Kier alpha value is -2.57. The van der Waals surface area contributed by atoms with Crippen molar-refractivity contribution in [2.24, 2.45) is 5.10 Å². The van der Waals surface area contributed by atoms with Crippen LogP contribution in [-0.2, 0) is 9.59 Å². The fourth-order valence-electron chi connectivity index (χ4n) is 1.94. The monoisotopic (exact) mass is 291 g/mol. The topological polar surface area (TPSA) is 80.2 Å². The van der Waals surface area contributed by atoms with Crippen molar-refractivity contribution in [3.8, 4) is 11.5 Å². The molecule has 0 unspecified atom stereocenters. The lowest BCUT2D eigenvalue weighted by Gasteiger charge is -2.19. The highest BCUT2D eigenvalue weighted by atomic mass is 16.5. The van der Waals surface area contributed by atoms with Gasteiger partial charge in [0.1, 0.15) is 17.2 Å². The van der Waals surface area contributed by atoms with Crippen LogP contribution in [-0.4, -0.2) is 43.8 Å². The third-order valence-corrected chi connectivity index (χ3v) is 3.12. The number of rotatable bonds is 4. The van der Waals surface area contributed by atoms with Crippen LogP contribution < -0.4 is 14.8 Å². The summed E-state index contributed by atoms with van der Waals surface area (Å²) in [7, 11) is 4.59. The maximum Gasteiger partial charge on any atom is 0.271 e. The molecule has 7 nitrogen and oxygen atoms in total. The normalized spacial score (nSPS) is 14.5. The zero-order valence-electron chi connectivity index (χ0n) is 12.2. The Bertz CT molecular complexity index is 598. The lowest BCUT2D eigenvalue weighted by atomic mass is 10.1. The van der Waals surface area contributed by atoms with Gasteiger partial charge in [0.05, 0.1) is 19.9 Å². The quantitative estimate of drug-likeness (QED) is 0.905. The van der Waals surface area contributed by atoms with Crippen molar-refractivity contribution in [3.63, 3.8) is 0 Å². The summed E-state index contributed by atoms with van der Waals surface area (Å²) in [4.78, 5) is 23.6. The SMILES string of the molecule is COc1ccc(OC)c(NC(=O)C2=NN(C)C(=O)CC2)c1. The zero-order valence-corrected chi connectivity index (χ0v) is 12.2. The highest BCUT2D eigenvalue weighted by Crippen LogP contribution is 2.29. The molecule has 1 aromatic rings. The minimum atomic E-state index is -0.360. The number of hydrogen-bond donors (Lipinski definition) is 1. The van der Waals surface area contributed by atoms with Crippen molar-refractivity contribution >= 4 is 23.2 Å². The number of methoxy groups -OCH3 is 2. The first-order valence-electron chi connectivity index (χ1n) is 6.42. The van der Waals surface area contributed by atoms with E-state index in [4.69, 9.17) is 9.47 Å². The molecule has 0 atom stereocenters. The summed E-state index contributed by atoms with van der Waals surface area (Å²) in [6.07, 6.45) is 0.597. The number of carbonyl (C=O) groups excluding carboxylic acids is 2. The van der Waals surface area contributed by atoms with Crippen molar-refractivity contribution in [2.75, 3.05) is 26.6 Å². The first-order valence-corrected chi connectivity index (χ1v) is 6.42. The number of hydrazone groups is 1. The molecule has 0 bridgehead atoms. The third-order valence-electron chi connectivity index (χ3n) is 3.12. The van der Waals surface area contributed by atoms with Gasteiger partial charge in [-0.3, -0.25) is 9.59 Å². The molecule has 0 spiro atoms. The predicted molar refractivity (Wildman–Crippen MR) is 77.6 cm³/mol. The van der Waals surface area contributed by atoms with Crippen molar-refractivity contribution in [1.29, 1.82) is 0 Å². The van der Waals surface area contributed by atoms with Gasteiger partial charge in [-0.05, 0) is 12.1 Å². The van der Waals surface area contributed by atoms with Crippen LogP contribution in [0.5, 0.6) is 11.5 Å². The lowest BCUT2D eigenvalue weighted by Crippen LogP contribution is -2.34. The Labute approximate surface area is 122 Å². The first-order chi connectivity index (χ1) is 10.0. The minimum Gasteiger partial charge on any atom is -0.497 e. The van der Waals surface area contributed by atoms with Crippen molar-refractivity contribution in [2.45, 2.75) is 12.8 Å². The summed E-state index contributed by atoms with van der Waals surface area (Å²) in [6.45, 7) is 0. The van der Waals surface area contributed by atoms with Crippen LogP contribution in [0.2, 0.25) is 0 Å². The fourth-order valence-corrected chi connectivity index (χ4v) is 1.94. The molecule has 1 aliphatic heterocycles. The van der Waals surface area contributed by atoms with Gasteiger partial charge in [-0.2, -0.15) is 5.10 Å². The zero-order chi connectivity index (χ0) is 15.4. The molecule has 112 valence electrons. The second-order valence-electron chi connectivity index (χ2n) is 4.48. The summed E-state index contributed by atoms with van der Waals surface area (Å²) in [6, 6.07) is 5.10. The number of anilines is 1. The van der Waals surface area contributed by atoms with Gasteiger partial charge in [0.25, 0.3) is 5.91 Å². The highest BCUT2D eigenvalue weighted by Gasteiger charge is 2.22. The fraction of sp³-hybridized carbons (Fsp3) is 0.357. The molecule has 0 aromatic heterocycles. The average molecular weight is 291 g/mol. The number of hydrogen-bond acceptors (Lipinski definition) is 5. The van der Waals surface area contributed by atoms with Crippen LogP contribution in [0.15, 0.2) is 23.3 Å². The first kappa shape index (κ1) is 14.8. The van der Waals surface area contributed by atoms with Gasteiger partial charge in [0.2, 0.25) is 5.91 Å². The van der Waals surface area contributed by atoms with Gasteiger partial charge in [0, 0.05) is 26.0 Å². The molecule has 1 aromatic carbocycles. The van der Waals surface area contributed by atoms with Gasteiger partial charge < -0.3 is 14.8 Å². The van der Waals surface area contributed by atoms with Crippen LogP contribution in [0.4, 0.5) is 5.69 Å². The molecule has 1 heterocycles. The van der Waals surface area contributed by atoms with Gasteiger partial charge in [-0.25, -0.2) is 5.01 Å². The molecule has 0 radical (unpaired) electrons. The Morgan fingerprint density at radius 2 is 2.05 bits per heavy atom. The van der Waals surface area contributed by atoms with Crippen LogP contribution >= 0.6 is 0 Å². The summed E-state index contributed by atoms with van der Waals surface area (Å²) in [5.41, 5.74) is 0.797. The lowest BCUT2D eigenvalue weighted by molar-refractivity contribution is -0.130. The molecule has 0 aliphatic carbocycles. The van der Waals surface area contributed by atoms with Crippen molar-refractivity contribution < 1.29 is 19.1 Å². The van der Waals surface area contributed by atoms with Gasteiger partial charge in [-0.15, -0.1) is 0 Å². The standard InChI is InChI=1S/C14H17N3O4/c1-17-13(18)7-5-10(16-17)14(19)15-11-8-9(20-2)4-6-12(11)21-3/h4,6,8H,5,7H2,1-3H3,(H,15,19). The molecule has 1 N–H and O–H groups in total. The minimum absolute atomic E-state index is 0.106. The van der Waals surface area contributed by atoms with E-state index in [1.165, 1.54) is 19.2 Å². The molecule has 2 amide bonds. The van der Waals surface area contributed by atoms with E-state index < -0.39 is 0 Å². The van der Waals surface area contributed by atoms with E-state index in [2.05, 4.69) is 10.4 Å². The highest BCUT2D eigenvalue weighted by molar-refractivity contribution is 6.43. The second kappa shape index (κ2) is 6.25. The molecule has 7 heteroatoms. The summed E-state index contributed by atoms with van der Waals surface area (Å²) >= 11 is 0. The van der Waals surface area contributed by atoms with Crippen LogP contribution in [0.25, 0.3) is 0 Å². The van der Waals surface area contributed by atoms with Crippen LogP contribution in [0.3, 0.4) is 0 Å². The molecule has 2 rings (SSSR count). The second-order valence-corrected chi connectivity index (χ2v) is 4.48. The predicted octanol–water partition coefficient (Wildman–Crippen LogP) is 1.25. The Morgan fingerprint density at radius 3 is 2.67 bits per heavy atom.